The summed E-state index contributed by atoms with van der Waals surface area (Å²) < 4.78 is 57.6. The van der Waals surface area contributed by atoms with Gasteiger partial charge in [-0.3, -0.25) is 14.4 Å². The van der Waals surface area contributed by atoms with Crippen LogP contribution in [-0.4, -0.2) is 179 Å². The van der Waals surface area contributed by atoms with Crippen molar-refractivity contribution in [1.29, 1.82) is 0 Å². The molecule has 2 aromatic carbocycles. The topological polar surface area (TPSA) is 242 Å². The number of rotatable bonds is 9. The van der Waals surface area contributed by atoms with Crippen molar-refractivity contribution in [3.05, 3.63) is 51.6 Å². The third kappa shape index (κ3) is 8.40. The number of ketones is 3. The Kier molecular flexibility index (Phi) is 13.2. The third-order valence-electron chi connectivity index (χ3n) is 15.0. The van der Waals surface area contributed by atoms with E-state index in [1.165, 1.54) is 18.2 Å². The number of Topliss-reactive ketones (excluding diaryl/α,β-unsaturated/α-hetero) is 1. The molecule has 5 fully saturated rings. The number of nitrogens with zero attached hydrogens (tertiary/aromatic N) is 2. The van der Waals surface area contributed by atoms with Crippen LogP contribution in [0.5, 0.6) is 17.2 Å². The molecule has 2 aromatic rings. The van der Waals surface area contributed by atoms with Crippen LogP contribution in [0.2, 0.25) is 0 Å². The Hall–Kier alpha value is -3.67. The van der Waals surface area contributed by atoms with Gasteiger partial charge in [0.2, 0.25) is 5.78 Å². The summed E-state index contributed by atoms with van der Waals surface area (Å²) in [5, 5.41) is 59.3. The molecule has 368 valence electrons. The lowest BCUT2D eigenvalue weighted by Crippen LogP contribution is -2.62. The highest BCUT2D eigenvalue weighted by atomic mass is 16.8. The zero-order valence-corrected chi connectivity index (χ0v) is 39.3. The monoisotopic (exact) mass is 940 g/mol. The quantitative estimate of drug-likeness (QED) is 0.194. The molecule has 9 rings (SSSR count). The van der Waals surface area contributed by atoms with Crippen molar-refractivity contribution < 1.29 is 82.5 Å². The van der Waals surface area contributed by atoms with E-state index in [1.807, 2.05) is 51.8 Å². The molecule has 0 saturated carbocycles. The second-order valence-electron chi connectivity index (χ2n) is 19.7. The van der Waals surface area contributed by atoms with Gasteiger partial charge < -0.3 is 78.0 Å². The van der Waals surface area contributed by atoms with Crippen LogP contribution >= 0.6 is 0 Å². The van der Waals surface area contributed by atoms with E-state index in [2.05, 4.69) is 0 Å². The number of carbonyl (C=O) groups excluding carboxylic acids is 3. The first-order valence-electron chi connectivity index (χ1n) is 23.4. The van der Waals surface area contributed by atoms with Crippen LogP contribution in [0.1, 0.15) is 128 Å². The predicted molar refractivity (Wildman–Crippen MR) is 232 cm³/mol. The lowest BCUT2D eigenvalue weighted by atomic mass is 9.70. The Balaban J connectivity index is 1.02. The first kappa shape index (κ1) is 48.4. The van der Waals surface area contributed by atoms with Crippen molar-refractivity contribution in [1.82, 2.24) is 9.80 Å². The molecule has 5 saturated heterocycles. The number of hydrogen-bond donors (Lipinski definition) is 5. The summed E-state index contributed by atoms with van der Waals surface area (Å²) in [6.07, 6.45) is -10.6. The van der Waals surface area contributed by atoms with Crippen LogP contribution < -0.4 is 0 Å². The van der Waals surface area contributed by atoms with Crippen molar-refractivity contribution in [2.24, 2.45) is 0 Å². The molecule has 0 radical (unpaired) electrons. The molecule has 8 unspecified atom stereocenters. The number of ether oxygens (including phenoxy) is 9. The second kappa shape index (κ2) is 18.3. The van der Waals surface area contributed by atoms with Crippen LogP contribution in [0.25, 0.3) is 0 Å². The number of carbonyl (C=O) groups is 3. The molecule has 7 aliphatic rings. The highest BCUT2D eigenvalue weighted by molar-refractivity contribution is 6.31. The van der Waals surface area contributed by atoms with Crippen LogP contribution in [0, 0.1) is 0 Å². The molecule has 5 heterocycles. The van der Waals surface area contributed by atoms with Crippen molar-refractivity contribution in [3.8, 4) is 17.2 Å². The summed E-state index contributed by atoms with van der Waals surface area (Å²) >= 11 is 0. The highest BCUT2D eigenvalue weighted by Crippen LogP contribution is 2.58. The van der Waals surface area contributed by atoms with Gasteiger partial charge in [0.15, 0.2) is 36.7 Å². The fourth-order valence-electron chi connectivity index (χ4n) is 11.3. The molecular formula is C48H64N2O17. The zero-order valence-electron chi connectivity index (χ0n) is 39.3. The maximum atomic E-state index is 14.3. The minimum atomic E-state index is -1.84. The van der Waals surface area contributed by atoms with Gasteiger partial charge in [0.05, 0.1) is 58.9 Å². The summed E-state index contributed by atoms with van der Waals surface area (Å²) in [6, 6.07) is 3.25. The number of hydrogen-bond acceptors (Lipinski definition) is 19. The van der Waals surface area contributed by atoms with Gasteiger partial charge in [0.1, 0.15) is 47.8 Å². The van der Waals surface area contributed by atoms with E-state index < -0.39 is 138 Å². The van der Waals surface area contributed by atoms with E-state index in [0.29, 0.717) is 6.42 Å². The molecule has 2 aliphatic carbocycles. The molecular weight excluding hydrogens is 877 g/mol. The Morgan fingerprint density at radius 1 is 0.701 bits per heavy atom. The van der Waals surface area contributed by atoms with Gasteiger partial charge in [-0.25, -0.2) is 0 Å². The number of benzene rings is 2. The third-order valence-corrected chi connectivity index (χ3v) is 15.0. The summed E-state index contributed by atoms with van der Waals surface area (Å²) in [5.41, 5.74) is -3.63. The Labute approximate surface area is 389 Å². The molecule has 0 bridgehead atoms. The Morgan fingerprint density at radius 3 is 2.03 bits per heavy atom. The highest BCUT2D eigenvalue weighted by Gasteiger charge is 2.56. The van der Waals surface area contributed by atoms with E-state index in [1.54, 1.807) is 20.8 Å². The SMILES string of the molecule is CC[C@@]1(O)C[C@H](O[C@H]2C[C@H](N(C)C)[C@H](O)[C@H](C)O2)c2c(O)c3c(c(O)c2[C@H]1OC1C[C@H](N(C)C)[C@H](OC2CC4OC5CC(=O)C(C)OC5OC4C(C)O2)[C@H](C)O1)C(=O)c1cccc(O)c1C3=O. The lowest BCUT2D eigenvalue weighted by Gasteiger charge is -2.51. The normalized spacial score (nSPS) is 40.8. The van der Waals surface area contributed by atoms with E-state index in [4.69, 9.17) is 42.6 Å². The van der Waals surface area contributed by atoms with Gasteiger partial charge >= 0.3 is 0 Å². The molecule has 5 N–H and O–H groups in total. The van der Waals surface area contributed by atoms with E-state index >= 15 is 0 Å². The average Bonchev–Trinajstić information content (AvgIpc) is 3.26. The minimum absolute atomic E-state index is 0.0377. The van der Waals surface area contributed by atoms with Crippen molar-refractivity contribution in [2.75, 3.05) is 28.2 Å². The number of aliphatic hydroxyl groups excluding tert-OH is 1. The van der Waals surface area contributed by atoms with Gasteiger partial charge in [-0.05, 0) is 68.4 Å². The van der Waals surface area contributed by atoms with Crippen LogP contribution in [0.15, 0.2) is 18.2 Å². The van der Waals surface area contributed by atoms with Gasteiger partial charge in [-0.2, -0.15) is 0 Å². The summed E-state index contributed by atoms with van der Waals surface area (Å²) in [4.78, 5) is 44.8. The molecule has 67 heavy (non-hydrogen) atoms. The number of likely N-dealkylation sites (N-methyl/N-ethyl adjacent to an activating group) is 2. The van der Waals surface area contributed by atoms with Crippen molar-refractivity contribution in [3.63, 3.8) is 0 Å². The van der Waals surface area contributed by atoms with Crippen molar-refractivity contribution >= 4 is 17.3 Å². The molecule has 19 nitrogen and oxygen atoms in total. The molecule has 18 atom stereocenters. The van der Waals surface area contributed by atoms with Crippen LogP contribution in [-0.2, 0) is 47.4 Å². The molecule has 19 heteroatoms. The van der Waals surface area contributed by atoms with E-state index in [9.17, 15) is 39.9 Å². The Morgan fingerprint density at radius 2 is 1.33 bits per heavy atom. The second-order valence-corrected chi connectivity index (χ2v) is 19.7. The summed E-state index contributed by atoms with van der Waals surface area (Å²) in [5.74, 6) is -3.62. The predicted octanol–water partition coefficient (Wildman–Crippen LogP) is 3.11. The number of aromatic hydroxyl groups is 3. The smallest absolute Gasteiger partial charge is 0.202 e. The van der Waals surface area contributed by atoms with E-state index in [0.717, 1.165) is 0 Å². The molecule has 0 amide bonds. The van der Waals surface area contributed by atoms with Crippen LogP contribution in [0.4, 0.5) is 0 Å². The van der Waals surface area contributed by atoms with Crippen LogP contribution in [0.3, 0.4) is 0 Å². The standard InChI is InChI=1S/C48H64N2O17/c1-10-48(58)18-30(64-31-14-24(49(6)7)39(53)20(3)59-31)35-38(43(57)36-37(42(35)56)41(55)34-23(40(36)54)12-11-13-26(34)51)46(48)66-32-15-25(50(8)9)44(21(4)60-32)65-33-17-28-45(22(5)61-33)67-47-29(63-28)16-27(52)19(2)62-47/h11-13,19-22,24-25,28-33,39,44-47,51,53,56-58H,10,14-18H2,1-9H3/t19?,20-,21-,22?,24-,25-,28?,29?,30-,31-,32?,33?,39+,44+,45?,46+,47?,48+/m0/s1. The largest absolute Gasteiger partial charge is 0.507 e. The van der Waals surface area contributed by atoms with Gasteiger partial charge in [0, 0.05) is 60.9 Å². The number of phenols is 3. The average molecular weight is 941 g/mol. The lowest BCUT2D eigenvalue weighted by molar-refractivity contribution is -0.372. The molecule has 0 spiro atoms. The summed E-state index contributed by atoms with van der Waals surface area (Å²) in [6.45, 7) is 8.84. The fourth-order valence-corrected chi connectivity index (χ4v) is 11.3. The number of phenolic OH excluding ortho intramolecular Hbond substituents is 3. The van der Waals surface area contributed by atoms with Gasteiger partial charge in [-0.15, -0.1) is 0 Å². The maximum absolute atomic E-state index is 14.3. The minimum Gasteiger partial charge on any atom is -0.507 e. The first-order valence-corrected chi connectivity index (χ1v) is 23.4. The van der Waals surface area contributed by atoms with Gasteiger partial charge in [-0.1, -0.05) is 19.1 Å². The number of fused-ring (bicyclic) bond motifs is 5. The maximum Gasteiger partial charge on any atom is 0.202 e. The molecule has 0 aromatic heterocycles. The fraction of sp³-hybridized carbons (Fsp3) is 0.688. The number of aliphatic hydroxyl groups is 2. The summed E-state index contributed by atoms with van der Waals surface area (Å²) in [7, 11) is 7.41. The Bertz CT molecular complexity index is 2260. The zero-order chi connectivity index (χ0) is 48.1. The van der Waals surface area contributed by atoms with Gasteiger partial charge in [0.25, 0.3) is 0 Å². The van der Waals surface area contributed by atoms with E-state index in [-0.39, 0.29) is 72.2 Å². The first-order chi connectivity index (χ1) is 31.7. The molecule has 5 aliphatic heterocycles. The van der Waals surface area contributed by atoms with Crippen molar-refractivity contribution in [2.45, 2.75) is 183 Å².